The van der Waals surface area contributed by atoms with Gasteiger partial charge in [-0.15, -0.1) is 0 Å². The maximum absolute atomic E-state index is 13.2. The van der Waals surface area contributed by atoms with Gasteiger partial charge in [0.1, 0.15) is 6.61 Å². The fourth-order valence-corrected chi connectivity index (χ4v) is 1.27. The quantitative estimate of drug-likeness (QED) is 0.813. The van der Waals surface area contributed by atoms with Crippen molar-refractivity contribution in [1.29, 1.82) is 0 Å². The Morgan fingerprint density at radius 3 is 2.82 bits per heavy atom. The molecule has 0 spiro atoms. The molecule has 0 aliphatic heterocycles. The predicted molar refractivity (Wildman–Crippen MR) is 59.3 cm³/mol. The van der Waals surface area contributed by atoms with Gasteiger partial charge in [0.25, 0.3) is 0 Å². The van der Waals surface area contributed by atoms with E-state index in [1.807, 2.05) is 0 Å². The summed E-state index contributed by atoms with van der Waals surface area (Å²) in [6.07, 6.45) is 1.56. The number of methoxy groups -OCH3 is 1. The number of nitrogens with zero attached hydrogens (tertiary/aromatic N) is 2. The number of aromatic nitrogens is 2. The van der Waals surface area contributed by atoms with Crippen molar-refractivity contribution in [3.8, 4) is 11.6 Å². The molecule has 1 aromatic carbocycles. The Bertz CT molecular complexity index is 505. The van der Waals surface area contributed by atoms with Crippen LogP contribution in [0.3, 0.4) is 0 Å². The van der Waals surface area contributed by atoms with E-state index in [0.29, 0.717) is 11.7 Å². The monoisotopic (exact) mass is 234 g/mol. The first-order chi connectivity index (χ1) is 8.29. The minimum absolute atomic E-state index is 0.0954. The van der Waals surface area contributed by atoms with Gasteiger partial charge in [-0.1, -0.05) is 12.1 Å². The van der Waals surface area contributed by atoms with Gasteiger partial charge in [0.2, 0.25) is 5.88 Å². The normalized spacial score (nSPS) is 10.0. The van der Waals surface area contributed by atoms with E-state index < -0.39 is 5.82 Å². The lowest BCUT2D eigenvalue weighted by Gasteiger charge is -2.06. The van der Waals surface area contributed by atoms with Crippen LogP contribution in [0.2, 0.25) is 0 Å². The molecule has 0 saturated heterocycles. The Morgan fingerprint density at radius 1 is 1.24 bits per heavy atom. The highest BCUT2D eigenvalue weighted by Crippen LogP contribution is 2.16. The minimum Gasteiger partial charge on any atom is -0.483 e. The van der Waals surface area contributed by atoms with E-state index in [4.69, 9.17) is 9.47 Å². The molecule has 0 aliphatic carbocycles. The smallest absolute Gasteiger partial charge is 0.216 e. The summed E-state index contributed by atoms with van der Waals surface area (Å²) in [5, 5.41) is 0. The molecule has 0 fully saturated rings. The van der Waals surface area contributed by atoms with E-state index in [0.717, 1.165) is 0 Å². The first-order valence-corrected chi connectivity index (χ1v) is 5.03. The molecule has 17 heavy (non-hydrogen) atoms. The molecule has 1 aromatic heterocycles. The molecule has 1 heterocycles. The second-order valence-corrected chi connectivity index (χ2v) is 3.23. The first-order valence-electron chi connectivity index (χ1n) is 5.03. The van der Waals surface area contributed by atoms with Gasteiger partial charge in [-0.2, -0.15) is 4.98 Å². The maximum atomic E-state index is 13.2. The van der Waals surface area contributed by atoms with Gasteiger partial charge in [0, 0.05) is 12.3 Å². The maximum Gasteiger partial charge on any atom is 0.216 e. The molecule has 0 amide bonds. The molecule has 0 aliphatic rings. The van der Waals surface area contributed by atoms with Crippen molar-refractivity contribution < 1.29 is 13.9 Å². The third-order valence-corrected chi connectivity index (χ3v) is 2.08. The second-order valence-electron chi connectivity index (χ2n) is 3.23. The largest absolute Gasteiger partial charge is 0.483 e. The number of hydrogen-bond acceptors (Lipinski definition) is 4. The topological polar surface area (TPSA) is 44.2 Å². The van der Waals surface area contributed by atoms with Gasteiger partial charge in [-0.3, -0.25) is 0 Å². The molecule has 0 unspecified atom stereocenters. The summed E-state index contributed by atoms with van der Waals surface area (Å²) < 4.78 is 23.5. The first kappa shape index (κ1) is 11.3. The zero-order valence-electron chi connectivity index (χ0n) is 9.26. The lowest BCUT2D eigenvalue weighted by atomic mass is 10.3. The van der Waals surface area contributed by atoms with Gasteiger partial charge in [0.05, 0.1) is 7.11 Å². The van der Waals surface area contributed by atoms with Gasteiger partial charge in [-0.05, 0) is 12.1 Å². The number of halogens is 1. The highest BCUT2D eigenvalue weighted by Gasteiger charge is 2.04. The third-order valence-electron chi connectivity index (χ3n) is 2.08. The average Bonchev–Trinajstić information content (AvgIpc) is 2.38. The van der Waals surface area contributed by atoms with Gasteiger partial charge in [0.15, 0.2) is 17.4 Å². The van der Waals surface area contributed by atoms with Crippen LogP contribution in [0, 0.1) is 5.82 Å². The van der Waals surface area contributed by atoms with Crippen molar-refractivity contribution in [3.05, 3.63) is 48.2 Å². The van der Waals surface area contributed by atoms with Crippen LogP contribution >= 0.6 is 0 Å². The van der Waals surface area contributed by atoms with Crippen LogP contribution in [0.25, 0.3) is 0 Å². The Morgan fingerprint density at radius 2 is 2.06 bits per heavy atom. The summed E-state index contributed by atoms with van der Waals surface area (Å²) in [7, 11) is 1.52. The molecule has 0 saturated carbocycles. The molecular formula is C12H11FN2O2. The molecule has 0 radical (unpaired) electrons. The van der Waals surface area contributed by atoms with Crippen molar-refractivity contribution >= 4 is 0 Å². The van der Waals surface area contributed by atoms with Crippen molar-refractivity contribution in [2.45, 2.75) is 6.61 Å². The van der Waals surface area contributed by atoms with Crippen LogP contribution in [0.4, 0.5) is 4.39 Å². The summed E-state index contributed by atoms with van der Waals surface area (Å²) in [6, 6.07) is 7.82. The van der Waals surface area contributed by atoms with Crippen LogP contribution in [-0.4, -0.2) is 17.1 Å². The highest BCUT2D eigenvalue weighted by molar-refractivity contribution is 5.23. The molecule has 5 heteroatoms. The SMILES string of the molecule is COc1ccnc(COc2ccccc2F)n1. The summed E-state index contributed by atoms with van der Waals surface area (Å²) in [5.74, 6) is 0.661. The summed E-state index contributed by atoms with van der Waals surface area (Å²) in [5.41, 5.74) is 0. The molecule has 0 N–H and O–H groups in total. The Balaban J connectivity index is 2.05. The lowest BCUT2D eigenvalue weighted by molar-refractivity contribution is 0.278. The Kier molecular flexibility index (Phi) is 3.49. The van der Waals surface area contributed by atoms with E-state index in [9.17, 15) is 4.39 Å². The van der Waals surface area contributed by atoms with E-state index in [2.05, 4.69) is 9.97 Å². The third kappa shape index (κ3) is 2.90. The summed E-state index contributed by atoms with van der Waals surface area (Å²) in [6.45, 7) is 0.0954. The average molecular weight is 234 g/mol. The van der Waals surface area contributed by atoms with Crippen LogP contribution in [0.15, 0.2) is 36.5 Å². The fourth-order valence-electron chi connectivity index (χ4n) is 1.27. The zero-order valence-corrected chi connectivity index (χ0v) is 9.26. The van der Waals surface area contributed by atoms with Crippen molar-refractivity contribution in [2.24, 2.45) is 0 Å². The van der Waals surface area contributed by atoms with Gasteiger partial charge >= 0.3 is 0 Å². The zero-order chi connectivity index (χ0) is 12.1. The van der Waals surface area contributed by atoms with E-state index >= 15 is 0 Å². The number of para-hydroxylation sites is 1. The standard InChI is InChI=1S/C12H11FN2O2/c1-16-12-6-7-14-11(15-12)8-17-10-5-3-2-4-9(10)13/h2-7H,8H2,1H3. The Labute approximate surface area is 98.1 Å². The Hall–Kier alpha value is -2.17. The highest BCUT2D eigenvalue weighted by atomic mass is 19.1. The van der Waals surface area contributed by atoms with Crippen molar-refractivity contribution in [2.75, 3.05) is 7.11 Å². The van der Waals surface area contributed by atoms with Crippen LogP contribution in [0.1, 0.15) is 5.82 Å². The molecule has 0 bridgehead atoms. The summed E-state index contributed by atoms with van der Waals surface area (Å²) >= 11 is 0. The fraction of sp³-hybridized carbons (Fsp3) is 0.167. The summed E-state index contributed by atoms with van der Waals surface area (Å²) in [4.78, 5) is 8.05. The van der Waals surface area contributed by atoms with Crippen LogP contribution in [-0.2, 0) is 6.61 Å². The number of hydrogen-bond donors (Lipinski definition) is 0. The van der Waals surface area contributed by atoms with Crippen LogP contribution in [0.5, 0.6) is 11.6 Å². The lowest BCUT2D eigenvalue weighted by Crippen LogP contribution is -2.03. The molecule has 0 atom stereocenters. The van der Waals surface area contributed by atoms with E-state index in [1.54, 1.807) is 30.5 Å². The van der Waals surface area contributed by atoms with Crippen molar-refractivity contribution in [1.82, 2.24) is 9.97 Å². The predicted octanol–water partition coefficient (Wildman–Crippen LogP) is 2.20. The van der Waals surface area contributed by atoms with Crippen molar-refractivity contribution in [3.63, 3.8) is 0 Å². The molecule has 2 aromatic rings. The van der Waals surface area contributed by atoms with Gasteiger partial charge < -0.3 is 9.47 Å². The molecule has 2 rings (SSSR count). The molecule has 88 valence electrons. The molecule has 4 nitrogen and oxygen atoms in total. The number of rotatable bonds is 4. The van der Waals surface area contributed by atoms with E-state index in [-0.39, 0.29) is 12.4 Å². The number of benzene rings is 1. The van der Waals surface area contributed by atoms with E-state index in [1.165, 1.54) is 13.2 Å². The van der Waals surface area contributed by atoms with Crippen LogP contribution < -0.4 is 9.47 Å². The second kappa shape index (κ2) is 5.25. The molecular weight excluding hydrogens is 223 g/mol. The number of ether oxygens (including phenoxy) is 2. The van der Waals surface area contributed by atoms with Gasteiger partial charge in [-0.25, -0.2) is 9.37 Å². The minimum atomic E-state index is -0.407.